The molecule has 1 aromatic carbocycles. The minimum atomic E-state index is -2.86. The summed E-state index contributed by atoms with van der Waals surface area (Å²) in [7, 11) is 0. The van der Waals surface area contributed by atoms with E-state index < -0.39 is 76.0 Å². The van der Waals surface area contributed by atoms with E-state index in [4.69, 9.17) is 10.2 Å². The Bertz CT molecular complexity index is 1440. The average molecular weight is 510 g/mol. The Morgan fingerprint density at radius 3 is 2.57 bits per heavy atom. The molecule has 0 aliphatic heterocycles. The monoisotopic (exact) mass is 510 g/mol. The van der Waals surface area contributed by atoms with Gasteiger partial charge >= 0.3 is 0 Å². The molecule has 5 unspecified atom stereocenters. The van der Waals surface area contributed by atoms with Crippen molar-refractivity contribution in [3.8, 4) is 5.75 Å². The standard InChI is InChI=1S/C26H26N2O9/c1-3-11-8-37-15(28-11)6-10-4-5-12-9(2)16-19(22(32)17(12)20(10)30)24(34)26(36)13(21(16)31)7-14(29)18(23(26)33)25(27)35/h4-5,8-9,13,16,21,30-33,36H,3,6-7H2,1-2H3,(H2,27,35). The molecule has 194 valence electrons. The second kappa shape index (κ2) is 8.29. The van der Waals surface area contributed by atoms with Crippen LogP contribution in [0.5, 0.6) is 5.75 Å². The quantitative estimate of drug-likeness (QED) is 0.323. The first-order chi connectivity index (χ1) is 17.4. The molecule has 11 heteroatoms. The normalized spacial score (nSPS) is 29.2. The molecule has 7 N–H and O–H groups in total. The minimum absolute atomic E-state index is 0.0633. The van der Waals surface area contributed by atoms with Gasteiger partial charge in [0, 0.05) is 29.4 Å². The van der Waals surface area contributed by atoms with Crippen LogP contribution in [-0.4, -0.2) is 59.7 Å². The van der Waals surface area contributed by atoms with Crippen LogP contribution >= 0.6 is 0 Å². The predicted octanol–water partition coefficient (Wildman–Crippen LogP) is 1.10. The lowest BCUT2D eigenvalue weighted by Crippen LogP contribution is -2.63. The topological polar surface area (TPSA) is 204 Å². The van der Waals surface area contributed by atoms with Crippen molar-refractivity contribution in [3.05, 3.63) is 63.6 Å². The Morgan fingerprint density at radius 2 is 1.95 bits per heavy atom. The number of aromatic nitrogens is 1. The molecule has 3 aliphatic rings. The number of aromatic hydroxyl groups is 1. The predicted molar refractivity (Wildman–Crippen MR) is 126 cm³/mol. The van der Waals surface area contributed by atoms with Gasteiger partial charge in [0.15, 0.2) is 17.3 Å². The molecule has 5 atom stereocenters. The van der Waals surface area contributed by atoms with E-state index in [2.05, 4.69) is 4.98 Å². The lowest BCUT2D eigenvalue weighted by molar-refractivity contribution is -0.160. The number of nitrogens with two attached hydrogens (primary N) is 1. The summed E-state index contributed by atoms with van der Waals surface area (Å²) in [6.07, 6.45) is 0.0754. The van der Waals surface area contributed by atoms with Crippen LogP contribution in [-0.2, 0) is 27.2 Å². The third kappa shape index (κ3) is 3.27. The second-order valence-corrected chi connectivity index (χ2v) is 9.78. The number of rotatable bonds is 4. The third-order valence-electron chi connectivity index (χ3n) is 7.89. The Kier molecular flexibility index (Phi) is 5.54. The highest BCUT2D eigenvalue weighted by Gasteiger charge is 2.64. The summed E-state index contributed by atoms with van der Waals surface area (Å²) in [4.78, 5) is 42.3. The fourth-order valence-corrected chi connectivity index (χ4v) is 5.94. The van der Waals surface area contributed by atoms with Crippen molar-refractivity contribution in [2.45, 2.75) is 50.7 Å². The van der Waals surface area contributed by atoms with Crippen LogP contribution < -0.4 is 5.73 Å². The Morgan fingerprint density at radius 1 is 1.24 bits per heavy atom. The lowest BCUT2D eigenvalue weighted by Gasteiger charge is -2.50. The van der Waals surface area contributed by atoms with Crippen molar-refractivity contribution in [2.24, 2.45) is 17.6 Å². The first-order valence-corrected chi connectivity index (χ1v) is 11.9. The third-order valence-corrected chi connectivity index (χ3v) is 7.89. The zero-order valence-corrected chi connectivity index (χ0v) is 20.1. The maximum atomic E-state index is 13.7. The summed E-state index contributed by atoms with van der Waals surface area (Å²) >= 11 is 0. The molecular formula is C26H26N2O9. The SMILES string of the molecule is CCc1coc(Cc2ccc3c(c2O)C(O)=C2C(=O)C4(O)C(O)=C(C(N)=O)C(=O)CC4C(O)C2C3C)n1. The van der Waals surface area contributed by atoms with Crippen molar-refractivity contribution < 1.29 is 44.3 Å². The average Bonchev–Trinajstić information content (AvgIpc) is 3.30. The molecule has 3 aliphatic carbocycles. The van der Waals surface area contributed by atoms with Crippen molar-refractivity contribution in [1.29, 1.82) is 0 Å². The van der Waals surface area contributed by atoms with Crippen LogP contribution in [0.15, 0.2) is 39.7 Å². The Hall–Kier alpha value is -3.96. The fraction of sp³-hybridized carbons (Fsp3) is 0.385. The molecule has 0 bridgehead atoms. The maximum Gasteiger partial charge on any atom is 0.255 e. The second-order valence-electron chi connectivity index (χ2n) is 9.78. The first kappa shape index (κ1) is 24.7. The highest BCUT2D eigenvalue weighted by atomic mass is 16.4. The van der Waals surface area contributed by atoms with E-state index in [9.17, 15) is 39.9 Å². The van der Waals surface area contributed by atoms with E-state index in [0.29, 0.717) is 23.4 Å². The summed E-state index contributed by atoms with van der Waals surface area (Å²) < 4.78 is 5.43. The number of nitrogens with zero attached hydrogens (tertiary/aromatic N) is 1. The summed E-state index contributed by atoms with van der Waals surface area (Å²) in [5.74, 6) is -8.55. The van der Waals surface area contributed by atoms with E-state index in [1.54, 1.807) is 19.1 Å². The number of ketones is 2. The van der Waals surface area contributed by atoms with E-state index in [0.717, 1.165) is 5.69 Å². The van der Waals surface area contributed by atoms with Gasteiger partial charge in [0.25, 0.3) is 5.91 Å². The molecule has 1 amide bonds. The maximum absolute atomic E-state index is 13.7. The number of Topliss-reactive ketones (excluding diaryl/α,β-unsaturated/α-hetero) is 2. The Labute approximate surface area is 210 Å². The molecule has 5 rings (SSSR count). The van der Waals surface area contributed by atoms with Gasteiger partial charge < -0.3 is 35.7 Å². The summed E-state index contributed by atoms with van der Waals surface area (Å²) in [6, 6.07) is 3.28. The minimum Gasteiger partial charge on any atom is -0.508 e. The zero-order chi connectivity index (χ0) is 27.0. The van der Waals surface area contributed by atoms with Crippen LogP contribution in [0.1, 0.15) is 54.5 Å². The molecule has 1 heterocycles. The number of aryl methyl sites for hydroxylation is 1. The number of carbonyl (C=O) groups excluding carboxylic acids is 3. The van der Waals surface area contributed by atoms with Crippen molar-refractivity contribution in [2.75, 3.05) is 0 Å². The van der Waals surface area contributed by atoms with Crippen LogP contribution in [0, 0.1) is 11.8 Å². The molecule has 1 fully saturated rings. The number of fused-ring (bicyclic) bond motifs is 3. The van der Waals surface area contributed by atoms with Gasteiger partial charge in [-0.25, -0.2) is 4.98 Å². The van der Waals surface area contributed by atoms with Crippen LogP contribution in [0.3, 0.4) is 0 Å². The molecule has 0 saturated heterocycles. The number of phenols is 1. The number of phenolic OH excluding ortho intramolecular Hbond substituents is 1. The summed E-state index contributed by atoms with van der Waals surface area (Å²) in [5.41, 5.74) is 2.43. The van der Waals surface area contributed by atoms with E-state index >= 15 is 0 Å². The summed E-state index contributed by atoms with van der Waals surface area (Å²) in [6.45, 7) is 3.59. The lowest BCUT2D eigenvalue weighted by atomic mass is 9.55. The zero-order valence-electron chi connectivity index (χ0n) is 20.1. The van der Waals surface area contributed by atoms with Gasteiger partial charge in [-0.3, -0.25) is 14.4 Å². The molecule has 0 spiro atoms. The molecule has 37 heavy (non-hydrogen) atoms. The van der Waals surface area contributed by atoms with Gasteiger partial charge in [0.1, 0.15) is 29.1 Å². The van der Waals surface area contributed by atoms with Gasteiger partial charge in [0.05, 0.1) is 23.8 Å². The smallest absolute Gasteiger partial charge is 0.255 e. The Balaban J connectivity index is 1.67. The van der Waals surface area contributed by atoms with Crippen LogP contribution in [0.4, 0.5) is 0 Å². The molecule has 1 aromatic heterocycles. The van der Waals surface area contributed by atoms with Crippen molar-refractivity contribution in [3.63, 3.8) is 0 Å². The van der Waals surface area contributed by atoms with Gasteiger partial charge in [-0.1, -0.05) is 26.0 Å². The molecule has 2 aromatic rings. The number of benzene rings is 1. The molecular weight excluding hydrogens is 484 g/mol. The molecule has 1 saturated carbocycles. The van der Waals surface area contributed by atoms with Crippen LogP contribution in [0.25, 0.3) is 5.76 Å². The number of carbonyl (C=O) groups is 3. The van der Waals surface area contributed by atoms with E-state index in [1.165, 1.54) is 6.26 Å². The molecule has 0 radical (unpaired) electrons. The van der Waals surface area contributed by atoms with Gasteiger partial charge in [-0.15, -0.1) is 0 Å². The highest BCUT2D eigenvalue weighted by Crippen LogP contribution is 2.55. The van der Waals surface area contributed by atoms with Crippen molar-refractivity contribution in [1.82, 2.24) is 4.98 Å². The van der Waals surface area contributed by atoms with Crippen LogP contribution in [0.2, 0.25) is 0 Å². The van der Waals surface area contributed by atoms with Gasteiger partial charge in [0.2, 0.25) is 5.78 Å². The largest absolute Gasteiger partial charge is 0.508 e. The van der Waals surface area contributed by atoms with E-state index in [1.807, 2.05) is 6.92 Å². The highest BCUT2D eigenvalue weighted by molar-refractivity contribution is 6.23. The number of oxazole rings is 1. The number of aliphatic hydroxyl groups excluding tert-OH is 3. The summed E-state index contributed by atoms with van der Waals surface area (Å²) in [5, 5.41) is 55.7. The first-order valence-electron chi connectivity index (χ1n) is 11.9. The number of hydrogen-bond donors (Lipinski definition) is 6. The number of amides is 1. The van der Waals surface area contributed by atoms with E-state index in [-0.39, 0.29) is 17.7 Å². The molecule has 11 nitrogen and oxygen atoms in total. The number of aliphatic hydroxyl groups is 4. The fourth-order valence-electron chi connectivity index (χ4n) is 5.94. The van der Waals surface area contributed by atoms with Crippen molar-refractivity contribution >= 4 is 23.2 Å². The van der Waals surface area contributed by atoms with Gasteiger partial charge in [-0.05, 0) is 17.9 Å². The van der Waals surface area contributed by atoms with Gasteiger partial charge in [-0.2, -0.15) is 0 Å². The number of hydrogen-bond acceptors (Lipinski definition) is 10. The number of primary amides is 1.